The van der Waals surface area contributed by atoms with Crippen LogP contribution in [0.3, 0.4) is 0 Å². The number of ether oxygens (including phenoxy) is 1. The minimum absolute atomic E-state index is 0.311. The molecular weight excluding hydrogens is 234 g/mol. The van der Waals surface area contributed by atoms with Crippen LogP contribution < -0.4 is 16.6 Å². The SMILES string of the molecule is Cc1cn(CCNC2CCOCC2)c(=O)[nH]c1=O. The topological polar surface area (TPSA) is 76.1 Å². The van der Waals surface area contributed by atoms with Crippen LogP contribution in [0.1, 0.15) is 18.4 Å². The molecule has 1 fully saturated rings. The molecule has 0 unspecified atom stereocenters. The van der Waals surface area contributed by atoms with Crippen LogP contribution in [0.25, 0.3) is 0 Å². The molecule has 1 aromatic rings. The molecule has 18 heavy (non-hydrogen) atoms. The summed E-state index contributed by atoms with van der Waals surface area (Å²) in [7, 11) is 0. The first kappa shape index (κ1) is 13.0. The van der Waals surface area contributed by atoms with E-state index >= 15 is 0 Å². The Morgan fingerprint density at radius 2 is 2.17 bits per heavy atom. The van der Waals surface area contributed by atoms with E-state index in [1.54, 1.807) is 13.1 Å². The second-order valence-corrected chi connectivity index (χ2v) is 4.61. The predicted molar refractivity (Wildman–Crippen MR) is 67.9 cm³/mol. The number of hydrogen-bond acceptors (Lipinski definition) is 4. The van der Waals surface area contributed by atoms with Gasteiger partial charge in [0.25, 0.3) is 5.56 Å². The van der Waals surface area contributed by atoms with Crippen molar-refractivity contribution in [3.63, 3.8) is 0 Å². The Bertz CT molecular complexity index is 500. The largest absolute Gasteiger partial charge is 0.381 e. The van der Waals surface area contributed by atoms with Gasteiger partial charge < -0.3 is 10.1 Å². The van der Waals surface area contributed by atoms with Crippen molar-refractivity contribution < 1.29 is 4.74 Å². The van der Waals surface area contributed by atoms with E-state index in [9.17, 15) is 9.59 Å². The van der Waals surface area contributed by atoms with Crippen LogP contribution in [0.2, 0.25) is 0 Å². The van der Waals surface area contributed by atoms with Crippen LogP contribution >= 0.6 is 0 Å². The molecule has 0 saturated carbocycles. The first-order chi connectivity index (χ1) is 8.66. The van der Waals surface area contributed by atoms with E-state index in [1.165, 1.54) is 4.57 Å². The maximum Gasteiger partial charge on any atom is 0.328 e. The van der Waals surface area contributed by atoms with Gasteiger partial charge in [-0.25, -0.2) is 4.79 Å². The van der Waals surface area contributed by atoms with Gasteiger partial charge in [0.2, 0.25) is 0 Å². The Hall–Kier alpha value is -1.40. The normalized spacial score (nSPS) is 16.9. The van der Waals surface area contributed by atoms with Crippen LogP contribution in [-0.4, -0.2) is 35.4 Å². The van der Waals surface area contributed by atoms with Crippen molar-refractivity contribution in [3.05, 3.63) is 32.6 Å². The number of H-pyrrole nitrogens is 1. The molecule has 0 spiro atoms. The highest BCUT2D eigenvalue weighted by Gasteiger charge is 2.12. The van der Waals surface area contributed by atoms with Gasteiger partial charge in [0.15, 0.2) is 0 Å². The number of aromatic nitrogens is 2. The van der Waals surface area contributed by atoms with Gasteiger partial charge >= 0.3 is 5.69 Å². The number of nitrogens with one attached hydrogen (secondary N) is 2. The summed E-state index contributed by atoms with van der Waals surface area (Å²) >= 11 is 0. The third-order valence-corrected chi connectivity index (χ3v) is 3.20. The molecule has 1 saturated heterocycles. The van der Waals surface area contributed by atoms with Gasteiger partial charge in [0, 0.05) is 44.1 Å². The van der Waals surface area contributed by atoms with Crippen LogP contribution in [-0.2, 0) is 11.3 Å². The molecule has 6 heteroatoms. The molecule has 0 aliphatic carbocycles. The quantitative estimate of drug-likeness (QED) is 0.766. The van der Waals surface area contributed by atoms with E-state index < -0.39 is 0 Å². The second kappa shape index (κ2) is 5.97. The van der Waals surface area contributed by atoms with Gasteiger partial charge in [-0.3, -0.25) is 14.3 Å². The van der Waals surface area contributed by atoms with Crippen LogP contribution in [0.15, 0.2) is 15.8 Å². The molecular formula is C12H19N3O3. The number of aromatic amines is 1. The first-order valence-corrected chi connectivity index (χ1v) is 6.28. The van der Waals surface area contributed by atoms with Crippen molar-refractivity contribution in [1.29, 1.82) is 0 Å². The van der Waals surface area contributed by atoms with Gasteiger partial charge in [-0.2, -0.15) is 0 Å². The third-order valence-electron chi connectivity index (χ3n) is 3.20. The van der Waals surface area contributed by atoms with Crippen molar-refractivity contribution in [2.45, 2.75) is 32.4 Å². The predicted octanol–water partition coefficient (Wildman–Crippen LogP) is -0.386. The summed E-state index contributed by atoms with van der Waals surface area (Å²) in [6.45, 7) is 4.58. The molecule has 2 rings (SSSR count). The lowest BCUT2D eigenvalue weighted by Gasteiger charge is -2.23. The van der Waals surface area contributed by atoms with E-state index in [-0.39, 0.29) is 11.2 Å². The highest BCUT2D eigenvalue weighted by atomic mass is 16.5. The molecule has 0 aromatic carbocycles. The Balaban J connectivity index is 1.88. The molecule has 1 aromatic heterocycles. The number of aryl methyl sites for hydroxylation is 1. The van der Waals surface area contributed by atoms with Gasteiger partial charge in [-0.1, -0.05) is 0 Å². The monoisotopic (exact) mass is 253 g/mol. The fraction of sp³-hybridized carbons (Fsp3) is 0.667. The molecule has 0 atom stereocenters. The average Bonchev–Trinajstić information content (AvgIpc) is 2.37. The molecule has 1 aliphatic rings. The van der Waals surface area contributed by atoms with Crippen LogP contribution in [0, 0.1) is 6.92 Å². The molecule has 100 valence electrons. The summed E-state index contributed by atoms with van der Waals surface area (Å²) in [5.41, 5.74) is -0.103. The van der Waals surface area contributed by atoms with Crippen molar-refractivity contribution in [1.82, 2.24) is 14.9 Å². The van der Waals surface area contributed by atoms with Crippen molar-refractivity contribution >= 4 is 0 Å². The van der Waals surface area contributed by atoms with Crippen molar-refractivity contribution in [3.8, 4) is 0 Å². The Labute approximate surface area is 105 Å². The Morgan fingerprint density at radius 3 is 2.89 bits per heavy atom. The molecule has 2 N–H and O–H groups in total. The van der Waals surface area contributed by atoms with Crippen molar-refractivity contribution in [2.24, 2.45) is 0 Å². The number of hydrogen-bond donors (Lipinski definition) is 2. The first-order valence-electron chi connectivity index (χ1n) is 6.28. The maximum atomic E-state index is 11.5. The molecule has 0 bridgehead atoms. The zero-order chi connectivity index (χ0) is 13.0. The maximum absolute atomic E-state index is 11.5. The Morgan fingerprint density at radius 1 is 1.44 bits per heavy atom. The lowest BCUT2D eigenvalue weighted by molar-refractivity contribution is 0.0778. The molecule has 2 heterocycles. The number of rotatable bonds is 4. The molecule has 0 radical (unpaired) electrons. The standard InChI is InChI=1S/C12H19N3O3/c1-9-8-15(12(17)14-11(9)16)5-4-13-10-2-6-18-7-3-10/h8,10,13H,2-7H2,1H3,(H,14,16,17). The van der Waals surface area contributed by atoms with Crippen molar-refractivity contribution in [2.75, 3.05) is 19.8 Å². The van der Waals surface area contributed by atoms with Gasteiger partial charge in [-0.05, 0) is 19.8 Å². The summed E-state index contributed by atoms with van der Waals surface area (Å²) < 4.78 is 6.81. The number of nitrogens with zero attached hydrogens (tertiary/aromatic N) is 1. The highest BCUT2D eigenvalue weighted by Crippen LogP contribution is 2.05. The average molecular weight is 253 g/mol. The fourth-order valence-electron chi connectivity index (χ4n) is 2.08. The minimum atomic E-state index is -0.348. The van der Waals surface area contributed by atoms with E-state index in [0.717, 1.165) is 32.6 Å². The summed E-state index contributed by atoms with van der Waals surface area (Å²) in [6, 6.07) is 0.471. The lowest BCUT2D eigenvalue weighted by atomic mass is 10.1. The highest BCUT2D eigenvalue weighted by molar-refractivity contribution is 5.00. The minimum Gasteiger partial charge on any atom is -0.381 e. The van der Waals surface area contributed by atoms with Gasteiger partial charge in [0.05, 0.1) is 0 Å². The van der Waals surface area contributed by atoms with Crippen LogP contribution in [0.4, 0.5) is 0 Å². The molecule has 6 nitrogen and oxygen atoms in total. The van der Waals surface area contributed by atoms with Gasteiger partial charge in [-0.15, -0.1) is 0 Å². The fourth-order valence-corrected chi connectivity index (χ4v) is 2.08. The smallest absolute Gasteiger partial charge is 0.328 e. The van der Waals surface area contributed by atoms with E-state index in [1.807, 2.05) is 0 Å². The zero-order valence-corrected chi connectivity index (χ0v) is 10.6. The molecule has 0 amide bonds. The lowest BCUT2D eigenvalue weighted by Crippen LogP contribution is -2.39. The Kier molecular flexibility index (Phi) is 4.33. The summed E-state index contributed by atoms with van der Waals surface area (Å²) in [5, 5.41) is 3.40. The second-order valence-electron chi connectivity index (χ2n) is 4.61. The zero-order valence-electron chi connectivity index (χ0n) is 10.6. The summed E-state index contributed by atoms with van der Waals surface area (Å²) in [6.07, 6.45) is 3.63. The summed E-state index contributed by atoms with van der Waals surface area (Å²) in [4.78, 5) is 25.0. The van der Waals surface area contributed by atoms with E-state index in [4.69, 9.17) is 4.74 Å². The molecule has 1 aliphatic heterocycles. The summed E-state index contributed by atoms with van der Waals surface area (Å²) in [5.74, 6) is 0. The van der Waals surface area contributed by atoms with E-state index in [2.05, 4.69) is 10.3 Å². The van der Waals surface area contributed by atoms with Gasteiger partial charge in [0.1, 0.15) is 0 Å². The third kappa shape index (κ3) is 3.30. The van der Waals surface area contributed by atoms with E-state index in [0.29, 0.717) is 18.2 Å². The van der Waals surface area contributed by atoms with Crippen LogP contribution in [0.5, 0.6) is 0 Å².